The number of hydrogen-bond donors (Lipinski definition) is 2. The van der Waals surface area contributed by atoms with E-state index in [1.165, 1.54) is 18.3 Å². The Morgan fingerprint density at radius 2 is 2.27 bits per heavy atom. The molecule has 8 nitrogen and oxygen atoms in total. The molecular weight excluding hydrogens is 354 g/mol. The van der Waals surface area contributed by atoms with E-state index < -0.39 is 10.0 Å². The fourth-order valence-electron chi connectivity index (χ4n) is 2.89. The highest BCUT2D eigenvalue weighted by Gasteiger charge is 2.25. The number of likely N-dealkylation sites (tertiary alicyclic amines) is 1. The first-order chi connectivity index (χ1) is 12.5. The lowest BCUT2D eigenvalue weighted by Crippen LogP contribution is -2.39. The molecule has 0 unspecified atom stereocenters. The zero-order valence-corrected chi connectivity index (χ0v) is 14.9. The third-order valence-electron chi connectivity index (χ3n) is 4.29. The summed E-state index contributed by atoms with van der Waals surface area (Å²) in [5.74, 6) is -0.425. The van der Waals surface area contributed by atoms with E-state index in [-0.39, 0.29) is 23.3 Å². The van der Waals surface area contributed by atoms with Crippen LogP contribution in [0, 0.1) is 17.2 Å². The van der Waals surface area contributed by atoms with Crippen molar-refractivity contribution >= 4 is 15.9 Å². The van der Waals surface area contributed by atoms with Gasteiger partial charge in [0.1, 0.15) is 0 Å². The molecule has 1 amide bonds. The van der Waals surface area contributed by atoms with Gasteiger partial charge in [-0.15, -0.1) is 0 Å². The highest BCUT2D eigenvalue weighted by atomic mass is 32.2. The zero-order valence-electron chi connectivity index (χ0n) is 14.1. The predicted molar refractivity (Wildman–Crippen MR) is 93.3 cm³/mol. The molecule has 1 fully saturated rings. The summed E-state index contributed by atoms with van der Waals surface area (Å²) in [7, 11) is -3.76. The highest BCUT2D eigenvalue weighted by molar-refractivity contribution is 7.89. The summed E-state index contributed by atoms with van der Waals surface area (Å²) in [4.78, 5) is 14.3. The Balaban J connectivity index is 1.75. The number of carbonyl (C=O) groups excluding carboxylic acids is 1. The van der Waals surface area contributed by atoms with Crippen LogP contribution in [-0.2, 0) is 16.6 Å². The number of aromatic amines is 1. The molecule has 136 valence electrons. The van der Waals surface area contributed by atoms with Crippen LogP contribution >= 0.6 is 0 Å². The Bertz CT molecular complexity index is 918. The largest absolute Gasteiger partial charge is 0.337 e. The smallest absolute Gasteiger partial charge is 0.253 e. The van der Waals surface area contributed by atoms with Gasteiger partial charge in [-0.3, -0.25) is 9.89 Å². The van der Waals surface area contributed by atoms with E-state index in [0.717, 1.165) is 12.8 Å². The van der Waals surface area contributed by atoms with Crippen molar-refractivity contribution in [3.63, 3.8) is 0 Å². The van der Waals surface area contributed by atoms with Crippen LogP contribution in [0.3, 0.4) is 0 Å². The SMILES string of the molecule is N#C[C@@H]1CCCN(C(=O)c2cccc(S(=O)(=O)NCc3ccn[nH]3)c2)C1. The molecular formula is C17H19N5O3S. The topological polar surface area (TPSA) is 119 Å². The monoisotopic (exact) mass is 373 g/mol. The van der Waals surface area contributed by atoms with Gasteiger partial charge in [-0.05, 0) is 37.1 Å². The van der Waals surface area contributed by atoms with Crippen molar-refractivity contribution in [1.82, 2.24) is 19.8 Å². The lowest BCUT2D eigenvalue weighted by atomic mass is 9.99. The first kappa shape index (κ1) is 18.1. The van der Waals surface area contributed by atoms with Gasteiger partial charge in [0.25, 0.3) is 5.91 Å². The summed E-state index contributed by atoms with van der Waals surface area (Å²) in [6.45, 7) is 1.03. The van der Waals surface area contributed by atoms with Crippen molar-refractivity contribution in [2.24, 2.45) is 5.92 Å². The fourth-order valence-corrected chi connectivity index (χ4v) is 3.94. The van der Waals surface area contributed by atoms with E-state index in [4.69, 9.17) is 5.26 Å². The number of nitriles is 1. The molecule has 2 heterocycles. The van der Waals surface area contributed by atoms with Crippen molar-refractivity contribution in [2.75, 3.05) is 13.1 Å². The van der Waals surface area contributed by atoms with Crippen molar-refractivity contribution < 1.29 is 13.2 Å². The van der Waals surface area contributed by atoms with E-state index in [1.807, 2.05) is 0 Å². The highest BCUT2D eigenvalue weighted by Crippen LogP contribution is 2.19. The first-order valence-corrected chi connectivity index (χ1v) is 9.75. The summed E-state index contributed by atoms with van der Waals surface area (Å²) < 4.78 is 27.4. The standard InChI is InChI=1S/C17H19N5O3S/c18-10-13-3-2-8-22(12-13)17(23)14-4-1-5-16(9-14)26(24,25)20-11-15-6-7-19-21-15/h1,4-7,9,13,20H,2-3,8,11-12H2,(H,19,21)/t13-/m0/s1. The van der Waals surface area contributed by atoms with E-state index in [2.05, 4.69) is 21.0 Å². The van der Waals surface area contributed by atoms with Gasteiger partial charge in [-0.25, -0.2) is 13.1 Å². The number of H-pyrrole nitrogens is 1. The van der Waals surface area contributed by atoms with Crippen LogP contribution in [0.15, 0.2) is 41.4 Å². The van der Waals surface area contributed by atoms with Gasteiger partial charge < -0.3 is 4.90 Å². The zero-order chi connectivity index (χ0) is 18.6. The second kappa shape index (κ2) is 7.68. The first-order valence-electron chi connectivity index (χ1n) is 8.26. The maximum atomic E-state index is 12.7. The predicted octanol–water partition coefficient (Wildman–Crippen LogP) is 1.26. The molecule has 0 spiro atoms. The third-order valence-corrected chi connectivity index (χ3v) is 5.69. The molecule has 0 radical (unpaired) electrons. The Morgan fingerprint density at radius 3 is 3.00 bits per heavy atom. The quantitative estimate of drug-likeness (QED) is 0.818. The van der Waals surface area contributed by atoms with Crippen LogP contribution < -0.4 is 4.72 Å². The van der Waals surface area contributed by atoms with Gasteiger partial charge in [0, 0.05) is 24.8 Å². The van der Waals surface area contributed by atoms with E-state index in [0.29, 0.717) is 24.3 Å². The number of nitrogens with one attached hydrogen (secondary N) is 2. The van der Waals surface area contributed by atoms with E-state index in [9.17, 15) is 13.2 Å². The molecule has 1 aliphatic rings. The van der Waals surface area contributed by atoms with Gasteiger partial charge in [-0.2, -0.15) is 10.4 Å². The second-order valence-corrected chi connectivity index (χ2v) is 7.92. The molecule has 1 aromatic carbocycles. The molecule has 1 aliphatic heterocycles. The molecule has 3 rings (SSSR count). The molecule has 2 aromatic rings. The Morgan fingerprint density at radius 1 is 1.42 bits per heavy atom. The van der Waals surface area contributed by atoms with Gasteiger partial charge in [0.15, 0.2) is 0 Å². The Hall–Kier alpha value is -2.70. The van der Waals surface area contributed by atoms with Crippen molar-refractivity contribution in [3.8, 4) is 6.07 Å². The van der Waals surface area contributed by atoms with Gasteiger partial charge in [-0.1, -0.05) is 6.07 Å². The lowest BCUT2D eigenvalue weighted by Gasteiger charge is -2.29. The van der Waals surface area contributed by atoms with Crippen LogP contribution in [0.5, 0.6) is 0 Å². The maximum absolute atomic E-state index is 12.7. The number of aromatic nitrogens is 2. The van der Waals surface area contributed by atoms with Crippen LogP contribution in [0.4, 0.5) is 0 Å². The molecule has 1 saturated heterocycles. The molecule has 9 heteroatoms. The number of nitrogens with zero attached hydrogens (tertiary/aromatic N) is 3. The average molecular weight is 373 g/mol. The number of amides is 1. The minimum atomic E-state index is -3.76. The minimum absolute atomic E-state index is 0.0247. The lowest BCUT2D eigenvalue weighted by molar-refractivity contribution is 0.0698. The molecule has 1 aromatic heterocycles. The van der Waals surface area contributed by atoms with Crippen molar-refractivity contribution in [3.05, 3.63) is 47.8 Å². The Labute approximate surface area is 151 Å². The molecule has 0 bridgehead atoms. The Kier molecular flexibility index (Phi) is 5.35. The average Bonchev–Trinajstić information content (AvgIpc) is 3.20. The normalized spacial score (nSPS) is 17.7. The van der Waals surface area contributed by atoms with Gasteiger partial charge in [0.2, 0.25) is 10.0 Å². The molecule has 0 saturated carbocycles. The molecule has 26 heavy (non-hydrogen) atoms. The summed E-state index contributed by atoms with van der Waals surface area (Å²) in [6.07, 6.45) is 3.09. The summed E-state index contributed by atoms with van der Waals surface area (Å²) in [6, 6.07) is 9.82. The van der Waals surface area contributed by atoms with Crippen LogP contribution in [0.1, 0.15) is 28.9 Å². The van der Waals surface area contributed by atoms with Crippen molar-refractivity contribution in [1.29, 1.82) is 5.26 Å². The minimum Gasteiger partial charge on any atom is -0.337 e. The second-order valence-electron chi connectivity index (χ2n) is 6.15. The van der Waals surface area contributed by atoms with Crippen molar-refractivity contribution in [2.45, 2.75) is 24.3 Å². The summed E-state index contributed by atoms with van der Waals surface area (Å²) in [5.41, 5.74) is 0.935. The number of sulfonamides is 1. The fraction of sp³-hybridized carbons (Fsp3) is 0.353. The van der Waals surface area contributed by atoms with Crippen LogP contribution in [-0.4, -0.2) is 42.5 Å². The van der Waals surface area contributed by atoms with E-state index in [1.54, 1.807) is 23.1 Å². The number of benzene rings is 1. The number of carbonyl (C=O) groups is 1. The van der Waals surface area contributed by atoms with E-state index >= 15 is 0 Å². The number of hydrogen-bond acceptors (Lipinski definition) is 5. The van der Waals surface area contributed by atoms with Crippen LogP contribution in [0.2, 0.25) is 0 Å². The molecule has 1 atom stereocenters. The number of rotatable bonds is 5. The summed E-state index contributed by atoms with van der Waals surface area (Å²) >= 11 is 0. The van der Waals surface area contributed by atoms with Gasteiger partial charge >= 0.3 is 0 Å². The third kappa shape index (κ3) is 4.09. The summed E-state index contributed by atoms with van der Waals surface area (Å²) in [5, 5.41) is 15.5. The molecule has 0 aliphatic carbocycles. The van der Waals surface area contributed by atoms with Gasteiger partial charge in [0.05, 0.1) is 29.1 Å². The van der Waals surface area contributed by atoms with Crippen LogP contribution in [0.25, 0.3) is 0 Å². The number of piperidine rings is 1. The maximum Gasteiger partial charge on any atom is 0.253 e. The molecule has 2 N–H and O–H groups in total.